The Balaban J connectivity index is 2.84. The molecule has 0 amide bonds. The number of hydrogen-bond acceptors (Lipinski definition) is 2. The molecule has 0 spiro atoms. The van der Waals surface area contributed by atoms with Crippen molar-refractivity contribution < 1.29 is 9.90 Å². The van der Waals surface area contributed by atoms with Gasteiger partial charge in [-0.3, -0.25) is 0 Å². The lowest BCUT2D eigenvalue weighted by Gasteiger charge is -2.02. The van der Waals surface area contributed by atoms with Crippen LogP contribution in [0.5, 0.6) is 0 Å². The Bertz CT molecular complexity index is 489. The molecule has 1 N–H and O–H groups in total. The van der Waals surface area contributed by atoms with Gasteiger partial charge in [0, 0.05) is 11.5 Å². The average molecular weight is 231 g/mol. The summed E-state index contributed by atoms with van der Waals surface area (Å²) in [5, 5.41) is 12.4. The molecule has 0 saturated heterocycles. The lowest BCUT2D eigenvalue weighted by atomic mass is 10.0. The van der Waals surface area contributed by atoms with Crippen LogP contribution in [0.3, 0.4) is 0 Å². The average Bonchev–Trinajstić information content (AvgIpc) is 2.28. The number of rotatable bonds is 5. The van der Waals surface area contributed by atoms with Crippen LogP contribution in [-0.2, 0) is 0 Å². The Morgan fingerprint density at radius 2 is 2.35 bits per heavy atom. The van der Waals surface area contributed by atoms with Crippen molar-refractivity contribution in [3.8, 4) is 0 Å². The summed E-state index contributed by atoms with van der Waals surface area (Å²) in [6, 6.07) is 5.17. The first-order chi connectivity index (χ1) is 8.15. The molecule has 0 radical (unpaired) electrons. The first-order valence-corrected chi connectivity index (χ1v) is 5.16. The van der Waals surface area contributed by atoms with E-state index in [1.165, 1.54) is 0 Å². The van der Waals surface area contributed by atoms with E-state index in [0.717, 1.165) is 5.56 Å². The third kappa shape index (κ3) is 4.01. The molecule has 5 nitrogen and oxygen atoms in total. The zero-order chi connectivity index (χ0) is 12.7. The van der Waals surface area contributed by atoms with Gasteiger partial charge >= 0.3 is 5.97 Å². The molecule has 0 heterocycles. The van der Waals surface area contributed by atoms with Crippen LogP contribution in [0.2, 0.25) is 0 Å². The van der Waals surface area contributed by atoms with Crippen molar-refractivity contribution in [1.29, 1.82) is 0 Å². The molecule has 0 aromatic heterocycles. The molecular formula is C12H13N3O2. The van der Waals surface area contributed by atoms with Crippen molar-refractivity contribution in [2.75, 3.05) is 6.54 Å². The van der Waals surface area contributed by atoms with E-state index >= 15 is 0 Å². The lowest BCUT2D eigenvalue weighted by Crippen LogP contribution is -1.99. The molecule has 0 bridgehead atoms. The molecule has 5 heteroatoms. The topological polar surface area (TPSA) is 86.1 Å². The van der Waals surface area contributed by atoms with E-state index in [4.69, 9.17) is 10.6 Å². The van der Waals surface area contributed by atoms with E-state index in [9.17, 15) is 4.79 Å². The van der Waals surface area contributed by atoms with Gasteiger partial charge in [-0.2, -0.15) is 0 Å². The third-order valence-electron chi connectivity index (χ3n) is 2.19. The zero-order valence-corrected chi connectivity index (χ0v) is 9.50. The minimum Gasteiger partial charge on any atom is -0.478 e. The molecule has 88 valence electrons. The number of carboxylic acids is 1. The molecule has 0 aliphatic carbocycles. The molecule has 17 heavy (non-hydrogen) atoms. The van der Waals surface area contributed by atoms with Crippen molar-refractivity contribution in [3.05, 3.63) is 51.4 Å². The summed E-state index contributed by atoms with van der Waals surface area (Å²) in [6.45, 7) is 2.28. The van der Waals surface area contributed by atoms with Gasteiger partial charge < -0.3 is 5.11 Å². The molecule has 0 unspecified atom stereocenters. The summed E-state index contributed by atoms with van der Waals surface area (Å²) < 4.78 is 0. The molecule has 0 aliphatic heterocycles. The van der Waals surface area contributed by atoms with Crippen LogP contribution in [-0.4, -0.2) is 17.6 Å². The van der Waals surface area contributed by atoms with Crippen LogP contribution in [0.1, 0.15) is 27.9 Å². The summed E-state index contributed by atoms with van der Waals surface area (Å²) in [7, 11) is 0. The predicted octanol–water partition coefficient (Wildman–Crippen LogP) is 3.41. The normalized spacial score (nSPS) is 10.2. The number of hydrogen-bond donors (Lipinski definition) is 1. The number of carbonyl (C=O) groups is 1. The number of aromatic carboxylic acids is 1. The van der Waals surface area contributed by atoms with Crippen LogP contribution in [0, 0.1) is 6.92 Å². The van der Waals surface area contributed by atoms with Gasteiger partial charge in [0.25, 0.3) is 0 Å². The summed E-state index contributed by atoms with van der Waals surface area (Å²) in [4.78, 5) is 13.6. The maximum atomic E-state index is 11.0. The molecular weight excluding hydrogens is 218 g/mol. The van der Waals surface area contributed by atoms with Gasteiger partial charge in [0.1, 0.15) is 0 Å². The van der Waals surface area contributed by atoms with Crippen LogP contribution in [0.4, 0.5) is 0 Å². The number of aryl methyl sites for hydroxylation is 1. The van der Waals surface area contributed by atoms with E-state index in [0.29, 0.717) is 18.5 Å². The number of carboxylic acid groups (broad SMARTS) is 1. The Labute approximate surface area is 99.0 Å². The van der Waals surface area contributed by atoms with E-state index in [-0.39, 0.29) is 5.56 Å². The van der Waals surface area contributed by atoms with Gasteiger partial charge in [-0.1, -0.05) is 35.0 Å². The van der Waals surface area contributed by atoms with E-state index < -0.39 is 5.97 Å². The number of nitrogens with zero attached hydrogens (tertiary/aromatic N) is 3. The highest BCUT2D eigenvalue weighted by Crippen LogP contribution is 2.14. The Morgan fingerprint density at radius 1 is 1.59 bits per heavy atom. The van der Waals surface area contributed by atoms with Gasteiger partial charge in [0.2, 0.25) is 0 Å². The third-order valence-corrected chi connectivity index (χ3v) is 2.19. The zero-order valence-electron chi connectivity index (χ0n) is 9.50. The molecule has 0 saturated carbocycles. The van der Waals surface area contributed by atoms with Crippen molar-refractivity contribution in [1.82, 2.24) is 0 Å². The van der Waals surface area contributed by atoms with Gasteiger partial charge in [-0.25, -0.2) is 4.79 Å². The second-order valence-electron chi connectivity index (χ2n) is 3.54. The standard InChI is InChI=1S/C12H13N3O2/c1-9-5-6-11(12(16)17)10(8-9)4-2-3-7-14-15-13/h2,4-6,8H,3,7H2,1H3,(H,16,17). The van der Waals surface area contributed by atoms with Gasteiger partial charge in [-0.05, 0) is 30.5 Å². The minimum atomic E-state index is -0.945. The first kappa shape index (κ1) is 12.8. The fourth-order valence-electron chi connectivity index (χ4n) is 1.40. The fourth-order valence-corrected chi connectivity index (χ4v) is 1.40. The highest BCUT2D eigenvalue weighted by molar-refractivity contribution is 5.92. The highest BCUT2D eigenvalue weighted by Gasteiger charge is 2.06. The van der Waals surface area contributed by atoms with Crippen LogP contribution in [0.15, 0.2) is 29.4 Å². The highest BCUT2D eigenvalue weighted by atomic mass is 16.4. The summed E-state index contributed by atoms with van der Waals surface area (Å²) >= 11 is 0. The van der Waals surface area contributed by atoms with Crippen LogP contribution < -0.4 is 0 Å². The van der Waals surface area contributed by atoms with Crippen LogP contribution >= 0.6 is 0 Å². The van der Waals surface area contributed by atoms with Gasteiger partial charge in [0.15, 0.2) is 0 Å². The van der Waals surface area contributed by atoms with Crippen LogP contribution in [0.25, 0.3) is 16.5 Å². The SMILES string of the molecule is Cc1ccc(C(=O)O)c(C=CCCN=[N+]=[N-])c1. The van der Waals surface area contributed by atoms with Gasteiger partial charge in [0.05, 0.1) is 5.56 Å². The van der Waals surface area contributed by atoms with E-state index in [1.54, 1.807) is 24.3 Å². The quantitative estimate of drug-likeness (QED) is 0.364. The maximum absolute atomic E-state index is 11.0. The first-order valence-electron chi connectivity index (χ1n) is 5.16. The molecule has 0 fully saturated rings. The van der Waals surface area contributed by atoms with E-state index in [1.807, 2.05) is 13.0 Å². The van der Waals surface area contributed by atoms with Gasteiger partial charge in [-0.15, -0.1) is 0 Å². The molecule has 0 aliphatic rings. The van der Waals surface area contributed by atoms with Crippen molar-refractivity contribution in [2.24, 2.45) is 5.11 Å². The molecule has 1 aromatic carbocycles. The maximum Gasteiger partial charge on any atom is 0.336 e. The molecule has 1 aromatic rings. The lowest BCUT2D eigenvalue weighted by molar-refractivity contribution is 0.0696. The van der Waals surface area contributed by atoms with Crippen molar-refractivity contribution >= 4 is 12.0 Å². The smallest absolute Gasteiger partial charge is 0.336 e. The monoisotopic (exact) mass is 231 g/mol. The predicted molar refractivity (Wildman–Crippen MR) is 65.8 cm³/mol. The summed E-state index contributed by atoms with van der Waals surface area (Å²) in [6.07, 6.45) is 4.14. The minimum absolute atomic E-state index is 0.274. The second kappa shape index (κ2) is 6.35. The largest absolute Gasteiger partial charge is 0.478 e. The number of benzene rings is 1. The van der Waals surface area contributed by atoms with E-state index in [2.05, 4.69) is 10.0 Å². The van der Waals surface area contributed by atoms with Crippen molar-refractivity contribution in [2.45, 2.75) is 13.3 Å². The molecule has 0 atom stereocenters. The Morgan fingerprint density at radius 3 is 3.00 bits per heavy atom. The van der Waals surface area contributed by atoms with Crippen molar-refractivity contribution in [3.63, 3.8) is 0 Å². The molecule has 1 rings (SSSR count). The Hall–Kier alpha value is -2.26. The Kier molecular flexibility index (Phi) is 4.78. The number of azide groups is 1. The summed E-state index contributed by atoms with van der Waals surface area (Å²) in [5.74, 6) is -0.945. The summed E-state index contributed by atoms with van der Waals surface area (Å²) in [5.41, 5.74) is 10.0. The fraction of sp³-hybridized carbons (Fsp3) is 0.250. The second-order valence-corrected chi connectivity index (χ2v) is 3.54.